The van der Waals surface area contributed by atoms with Crippen LogP contribution in [0.3, 0.4) is 0 Å². The molecule has 0 unspecified atom stereocenters. The summed E-state index contributed by atoms with van der Waals surface area (Å²) in [6.07, 6.45) is 7.36. The quantitative estimate of drug-likeness (QED) is 0.0716. The third-order valence-corrected chi connectivity index (χ3v) is 11.1. The highest BCUT2D eigenvalue weighted by Crippen LogP contribution is 2.40. The molecule has 0 spiro atoms. The number of carbonyl (C=O) groups is 3. The molecule has 1 aromatic carbocycles. The molecule has 50 heavy (non-hydrogen) atoms. The molecular formula is C34H35N9O5S2. The number of nitrogens with two attached hydrogens (primary N) is 1. The van der Waals surface area contributed by atoms with Crippen LogP contribution in [0.1, 0.15) is 36.1 Å². The number of nitrogens with one attached hydrogen (secondary N) is 2. The number of anilines is 1. The maximum Gasteiger partial charge on any atom is 0.276 e. The van der Waals surface area contributed by atoms with Crippen molar-refractivity contribution in [2.45, 2.75) is 43.8 Å². The number of nitrogen functional groups attached to an aromatic ring is 1. The first-order chi connectivity index (χ1) is 24.2. The maximum absolute atomic E-state index is 13.3. The van der Waals surface area contributed by atoms with Crippen LogP contribution in [0.5, 0.6) is 0 Å². The number of amidine groups is 1. The fraction of sp³-hybridized carbons (Fsp3) is 0.324. The van der Waals surface area contributed by atoms with Crippen LogP contribution < -0.4 is 20.7 Å². The Bertz CT molecular complexity index is 2050. The number of hydrogen-bond acceptors (Lipinski definition) is 11. The summed E-state index contributed by atoms with van der Waals surface area (Å²) in [4.78, 5) is 51.1. The fourth-order valence-corrected chi connectivity index (χ4v) is 8.54. The number of amides is 2. The molecule has 3 aliphatic rings. The summed E-state index contributed by atoms with van der Waals surface area (Å²) in [7, 11) is 1.28. The lowest BCUT2D eigenvalue weighted by molar-refractivity contribution is -0.663. The zero-order valence-corrected chi connectivity index (χ0v) is 28.8. The number of nitrogens with zero attached hydrogens (tertiary/aromatic N) is 6. The van der Waals surface area contributed by atoms with Crippen LogP contribution in [-0.2, 0) is 32.3 Å². The first-order valence-electron chi connectivity index (χ1n) is 16.1. The summed E-state index contributed by atoms with van der Waals surface area (Å²) in [6.45, 7) is 2.71. The van der Waals surface area contributed by atoms with Gasteiger partial charge in [-0.2, -0.15) is 4.57 Å². The highest BCUT2D eigenvalue weighted by atomic mass is 32.2. The molecule has 7 rings (SSSR count). The van der Waals surface area contributed by atoms with Crippen molar-refractivity contribution in [1.82, 2.24) is 24.7 Å². The lowest BCUT2D eigenvalue weighted by atomic mass is 10.0. The van der Waals surface area contributed by atoms with Gasteiger partial charge in [-0.15, -0.1) is 23.1 Å². The van der Waals surface area contributed by atoms with Crippen LogP contribution in [0.2, 0.25) is 0 Å². The van der Waals surface area contributed by atoms with E-state index in [-0.39, 0.29) is 28.8 Å². The van der Waals surface area contributed by atoms with Crippen molar-refractivity contribution >= 4 is 68.6 Å². The van der Waals surface area contributed by atoms with Gasteiger partial charge in [0.05, 0.1) is 11.7 Å². The van der Waals surface area contributed by atoms with E-state index < -0.39 is 29.2 Å². The van der Waals surface area contributed by atoms with Gasteiger partial charge in [0.15, 0.2) is 23.6 Å². The number of carboxylic acids is 1. The number of fused-ring (bicyclic) bond motifs is 2. The monoisotopic (exact) mass is 713 g/mol. The van der Waals surface area contributed by atoms with Crippen LogP contribution >= 0.6 is 23.1 Å². The summed E-state index contributed by atoms with van der Waals surface area (Å²) in [5.74, 6) is -1.82. The van der Waals surface area contributed by atoms with E-state index in [9.17, 15) is 19.5 Å². The molecule has 3 aliphatic heterocycles. The molecule has 4 aromatic rings. The third-order valence-electron chi connectivity index (χ3n) is 9.12. The molecule has 3 aromatic heterocycles. The number of aromatic nitrogens is 3. The van der Waals surface area contributed by atoms with E-state index in [0.717, 1.165) is 59.4 Å². The van der Waals surface area contributed by atoms with Gasteiger partial charge in [0.25, 0.3) is 11.8 Å². The molecule has 2 fully saturated rings. The van der Waals surface area contributed by atoms with Crippen molar-refractivity contribution in [3.8, 4) is 0 Å². The van der Waals surface area contributed by atoms with Gasteiger partial charge in [-0.3, -0.25) is 19.9 Å². The van der Waals surface area contributed by atoms with Gasteiger partial charge in [0.2, 0.25) is 5.52 Å². The Hall–Kier alpha value is -5.22. The lowest BCUT2D eigenvalue weighted by Crippen LogP contribution is -2.71. The van der Waals surface area contributed by atoms with E-state index in [1.807, 2.05) is 47.3 Å². The van der Waals surface area contributed by atoms with E-state index in [1.54, 1.807) is 5.38 Å². The number of piperidine rings is 1. The van der Waals surface area contributed by atoms with Crippen LogP contribution in [0.15, 0.2) is 76.7 Å². The largest absolute Gasteiger partial charge is 0.543 e. The second kappa shape index (κ2) is 14.0. The van der Waals surface area contributed by atoms with Crippen molar-refractivity contribution in [2.75, 3.05) is 31.7 Å². The first kappa shape index (κ1) is 33.3. The molecule has 2 amide bonds. The standard InChI is InChI=1S/C34H35N9O5S2/c1-48-39-26(23-19-50-34(36)37-23)30(44)38-27-31(45)43-28(33(46)47)22(18-49-32(27)43)17-41-14-5-6-24-25(41)11-15-42(24)16-20-7-9-21(10-8-20)29(35)40-12-3-2-4-13-40/h5-11,14-15,19,27,32,35H,2-4,12-13,16-18H2,1H3,(H3-,36,37,38,44,46,47)/b35-29?,39-26-/t27-,32-/m1/s1. The van der Waals surface area contributed by atoms with E-state index >= 15 is 0 Å². The predicted molar refractivity (Wildman–Crippen MR) is 187 cm³/mol. The summed E-state index contributed by atoms with van der Waals surface area (Å²) in [6, 6.07) is 13.1. The smallest absolute Gasteiger partial charge is 0.276 e. The Morgan fingerprint density at radius 1 is 1.18 bits per heavy atom. The van der Waals surface area contributed by atoms with Gasteiger partial charge in [0.1, 0.15) is 35.6 Å². The van der Waals surface area contributed by atoms with Gasteiger partial charge in [-0.25, -0.2) is 4.98 Å². The van der Waals surface area contributed by atoms with E-state index in [1.165, 1.54) is 30.2 Å². The molecule has 2 saturated heterocycles. The number of aliphatic carboxylic acids is 1. The van der Waals surface area contributed by atoms with Crippen LogP contribution in [0.4, 0.5) is 5.13 Å². The molecule has 0 saturated carbocycles. The zero-order valence-electron chi connectivity index (χ0n) is 27.2. The molecule has 16 heteroatoms. The summed E-state index contributed by atoms with van der Waals surface area (Å²) < 4.78 is 4.09. The number of β-lactam (4-membered cyclic amide) rings is 1. The van der Waals surface area contributed by atoms with Crippen molar-refractivity contribution in [2.24, 2.45) is 5.16 Å². The summed E-state index contributed by atoms with van der Waals surface area (Å²) >= 11 is 2.49. The Labute approximate surface area is 295 Å². The maximum atomic E-state index is 13.3. The SMILES string of the molecule is CO/N=C(\C(=O)N[C@@H]1C(=O)N2C(C(=O)[O-])=C(C[n+]3cccc4c3ccn4Cc3ccc(C(=N)N4CCCCC4)cc3)CS[C@H]12)c1csc(N)n1. The predicted octanol–water partition coefficient (Wildman–Crippen LogP) is 1.28. The third kappa shape index (κ3) is 6.31. The van der Waals surface area contributed by atoms with Gasteiger partial charge in [-0.1, -0.05) is 29.4 Å². The van der Waals surface area contributed by atoms with Gasteiger partial charge in [0, 0.05) is 60.2 Å². The van der Waals surface area contributed by atoms with E-state index in [4.69, 9.17) is 16.0 Å². The normalized spacial score (nSPS) is 19.3. The topological polar surface area (TPSA) is 186 Å². The molecule has 4 N–H and O–H groups in total. The molecular weight excluding hydrogens is 679 g/mol. The molecule has 2 atom stereocenters. The number of hydrogen-bond donors (Lipinski definition) is 3. The average molecular weight is 714 g/mol. The second-order valence-electron chi connectivity index (χ2n) is 12.2. The zero-order chi connectivity index (χ0) is 34.9. The fourth-order valence-electron chi connectivity index (χ4n) is 6.66. The highest BCUT2D eigenvalue weighted by molar-refractivity contribution is 8.00. The van der Waals surface area contributed by atoms with Crippen LogP contribution in [0.25, 0.3) is 11.0 Å². The van der Waals surface area contributed by atoms with Crippen molar-refractivity contribution in [3.63, 3.8) is 0 Å². The molecule has 0 radical (unpaired) electrons. The molecule has 0 bridgehead atoms. The van der Waals surface area contributed by atoms with Crippen molar-refractivity contribution in [1.29, 1.82) is 5.41 Å². The number of thiazole rings is 1. The molecule has 0 aliphatic carbocycles. The van der Waals surface area contributed by atoms with Gasteiger partial charge >= 0.3 is 0 Å². The van der Waals surface area contributed by atoms with E-state index in [0.29, 0.717) is 23.7 Å². The minimum atomic E-state index is -1.45. The first-order valence-corrected chi connectivity index (χ1v) is 18.1. The highest BCUT2D eigenvalue weighted by Gasteiger charge is 2.53. The Kier molecular flexibility index (Phi) is 9.29. The summed E-state index contributed by atoms with van der Waals surface area (Å²) in [5, 5.41) is 28.7. The van der Waals surface area contributed by atoms with Gasteiger partial charge in [-0.05, 0) is 30.9 Å². The van der Waals surface area contributed by atoms with Crippen molar-refractivity contribution < 1.29 is 28.9 Å². The van der Waals surface area contributed by atoms with E-state index in [2.05, 4.69) is 37.1 Å². The molecule has 258 valence electrons. The molecule has 6 heterocycles. The number of pyridine rings is 1. The average Bonchev–Trinajstić information content (AvgIpc) is 3.75. The second-order valence-corrected chi connectivity index (χ2v) is 14.2. The lowest BCUT2D eigenvalue weighted by Gasteiger charge is -2.50. The van der Waals surface area contributed by atoms with Crippen LogP contribution in [-0.4, -0.2) is 86.0 Å². The van der Waals surface area contributed by atoms with Crippen molar-refractivity contribution in [3.05, 3.63) is 88.3 Å². The summed E-state index contributed by atoms with van der Waals surface area (Å²) in [5.41, 5.74) is 9.99. The number of benzene rings is 1. The Morgan fingerprint density at radius 3 is 2.66 bits per heavy atom. The number of likely N-dealkylation sites (tertiary alicyclic amines) is 1. The number of carbonyl (C=O) groups excluding carboxylic acids is 3. The number of rotatable bonds is 10. The van der Waals surface area contributed by atoms with Crippen LogP contribution in [0, 0.1) is 5.41 Å². The number of carboxylic acid groups (broad SMARTS) is 1. The number of thioether (sulfide) groups is 1. The minimum Gasteiger partial charge on any atom is -0.543 e. The molecule has 14 nitrogen and oxygen atoms in total. The Morgan fingerprint density at radius 2 is 1.96 bits per heavy atom. The Balaban J connectivity index is 1.06. The van der Waals surface area contributed by atoms with Gasteiger partial charge < -0.3 is 35.3 Å². The number of oxime groups is 1. The minimum absolute atomic E-state index is 0.148.